The van der Waals surface area contributed by atoms with E-state index in [4.69, 9.17) is 5.11 Å². The summed E-state index contributed by atoms with van der Waals surface area (Å²) in [5, 5.41) is 8.99. The molecule has 0 saturated heterocycles. The van der Waals surface area contributed by atoms with E-state index in [0.717, 1.165) is 0 Å². The van der Waals surface area contributed by atoms with Crippen LogP contribution >= 0.6 is 0 Å². The van der Waals surface area contributed by atoms with Gasteiger partial charge in [0.15, 0.2) is 6.04 Å². The van der Waals surface area contributed by atoms with Crippen molar-refractivity contribution in [3.8, 4) is 0 Å². The molecule has 0 amide bonds. The van der Waals surface area contributed by atoms with Crippen molar-refractivity contribution in [1.29, 1.82) is 0 Å². The van der Waals surface area contributed by atoms with E-state index in [-0.39, 0.29) is 0 Å². The Morgan fingerprint density at radius 3 is 2.12 bits per heavy atom. The van der Waals surface area contributed by atoms with Crippen LogP contribution in [-0.2, 0) is 16.2 Å². The van der Waals surface area contributed by atoms with Crippen LogP contribution in [0.3, 0.4) is 0 Å². The normalized spacial score (nSPS) is 16.9. The van der Waals surface area contributed by atoms with Gasteiger partial charge < -0.3 is 9.66 Å². The van der Waals surface area contributed by atoms with E-state index in [0.29, 0.717) is 0 Å². The first-order valence-corrected chi connectivity index (χ1v) is 6.14. The molecule has 0 aromatic heterocycles. The topological polar surface area (TPSA) is 72.4 Å². The maximum atomic E-state index is 12.7. The molecule has 0 spiro atoms. The molecule has 0 bridgehead atoms. The molecule has 0 saturated carbocycles. The molecule has 0 aliphatic rings. The number of carbonyl (C=O) groups is 1. The van der Waals surface area contributed by atoms with Gasteiger partial charge in [-0.15, -0.1) is 4.72 Å². The van der Waals surface area contributed by atoms with Crippen molar-refractivity contribution in [1.82, 2.24) is 4.72 Å². The molecular weight excluding hydrogens is 233 g/mol. The Balaban J connectivity index is 4.79. The zero-order valence-electron chi connectivity index (χ0n) is 10.3. The molecule has 0 aliphatic carbocycles. The van der Waals surface area contributed by atoms with Gasteiger partial charge in [0.25, 0.3) is 0 Å². The van der Waals surface area contributed by atoms with E-state index in [1.54, 1.807) is 20.8 Å². The van der Waals surface area contributed by atoms with Crippen LogP contribution in [0.5, 0.6) is 0 Å². The summed E-state index contributed by atoms with van der Waals surface area (Å²) in [5.41, 5.74) is -1.09. The van der Waals surface area contributed by atoms with Gasteiger partial charge in [-0.3, -0.25) is 9.18 Å². The second-order valence-corrected chi connectivity index (χ2v) is 7.39. The number of rotatable bonds is 5. The summed E-state index contributed by atoms with van der Waals surface area (Å²) in [6.45, 7) is 7.34. The summed E-state index contributed by atoms with van der Waals surface area (Å²) < 4.78 is 26.4. The molecule has 2 unspecified atom stereocenters. The minimum absolute atomic E-state index is 0.583. The van der Waals surface area contributed by atoms with E-state index in [9.17, 15) is 13.7 Å². The fraction of sp³-hybridized carbons (Fsp3) is 0.900. The van der Waals surface area contributed by atoms with Crippen LogP contribution in [0.1, 0.15) is 34.6 Å². The molecule has 0 aromatic rings. The smallest absolute Gasteiger partial charge is 0.325 e. The van der Waals surface area contributed by atoms with E-state index in [1.165, 1.54) is 13.8 Å². The summed E-state index contributed by atoms with van der Waals surface area (Å²) >= 11 is -1.53. The number of aliphatic carboxylic acids is 1. The van der Waals surface area contributed by atoms with Crippen molar-refractivity contribution in [3.63, 3.8) is 0 Å². The monoisotopic (exact) mass is 253 g/mol. The van der Waals surface area contributed by atoms with Gasteiger partial charge >= 0.3 is 5.97 Å². The third-order valence-electron chi connectivity index (χ3n) is 2.15. The van der Waals surface area contributed by atoms with Crippen molar-refractivity contribution >= 4 is 17.3 Å². The number of carboxylic acid groups (broad SMARTS) is 1. The number of halogens is 1. The van der Waals surface area contributed by atoms with Gasteiger partial charge in [-0.2, -0.15) is 0 Å². The summed E-state index contributed by atoms with van der Waals surface area (Å²) in [6.07, 6.45) is 0. The zero-order valence-corrected chi connectivity index (χ0v) is 11.2. The van der Waals surface area contributed by atoms with Crippen LogP contribution < -0.4 is 4.72 Å². The standard InChI is InChI=1S/C10H20FNO3S/c1-9(2,3)16(15)12-7(8(13)14)10(4,5)6-11/h7,12H,6H2,1-5H3,(H,13,14). The van der Waals surface area contributed by atoms with Crippen molar-refractivity contribution in [3.05, 3.63) is 0 Å². The van der Waals surface area contributed by atoms with E-state index in [1.807, 2.05) is 0 Å². The summed E-state index contributed by atoms with van der Waals surface area (Å²) in [4.78, 5) is 11.0. The molecule has 0 rings (SSSR count). The molecule has 0 aliphatic heterocycles. The lowest BCUT2D eigenvalue weighted by Crippen LogP contribution is -2.54. The van der Waals surface area contributed by atoms with Crippen LogP contribution in [0, 0.1) is 5.41 Å². The van der Waals surface area contributed by atoms with Crippen LogP contribution in [0.4, 0.5) is 4.39 Å². The number of hydrogen-bond acceptors (Lipinski definition) is 3. The molecule has 96 valence electrons. The van der Waals surface area contributed by atoms with Gasteiger partial charge in [0.1, 0.15) is 4.75 Å². The fourth-order valence-electron chi connectivity index (χ4n) is 0.905. The van der Waals surface area contributed by atoms with Crippen LogP contribution in [-0.4, -0.2) is 33.1 Å². The Kier molecular flexibility index (Phi) is 5.22. The maximum absolute atomic E-state index is 12.7. The predicted octanol–water partition coefficient (Wildman–Crippen LogP) is 1.49. The molecule has 16 heavy (non-hydrogen) atoms. The molecular formula is C10H20FNO3S. The maximum Gasteiger partial charge on any atom is 0.325 e. The predicted molar refractivity (Wildman–Crippen MR) is 62.2 cm³/mol. The quantitative estimate of drug-likeness (QED) is 0.728. The van der Waals surface area contributed by atoms with Crippen LogP contribution in [0.2, 0.25) is 0 Å². The Hall–Kier alpha value is -0.330. The lowest BCUT2D eigenvalue weighted by atomic mass is 9.86. The average molecular weight is 253 g/mol. The van der Waals surface area contributed by atoms with Gasteiger partial charge in [-0.25, -0.2) is 0 Å². The number of nitrogens with one attached hydrogen (secondary N) is 1. The third kappa shape index (κ3) is 4.27. The molecule has 4 nitrogen and oxygen atoms in total. The van der Waals surface area contributed by atoms with Crippen molar-refractivity contribution in [2.24, 2.45) is 5.41 Å². The average Bonchev–Trinajstić information content (AvgIpc) is 2.11. The van der Waals surface area contributed by atoms with Gasteiger partial charge in [0, 0.05) is 16.8 Å². The molecule has 0 radical (unpaired) electrons. The first kappa shape index (κ1) is 15.7. The third-order valence-corrected chi connectivity index (χ3v) is 3.72. The second kappa shape index (κ2) is 5.33. The molecule has 0 aromatic carbocycles. The van der Waals surface area contributed by atoms with Gasteiger partial charge in [-0.05, 0) is 20.8 Å². The first-order valence-electron chi connectivity index (χ1n) is 4.99. The van der Waals surface area contributed by atoms with Crippen LogP contribution in [0.15, 0.2) is 0 Å². The van der Waals surface area contributed by atoms with E-state index in [2.05, 4.69) is 4.72 Å². The molecule has 2 N–H and O–H groups in total. The zero-order chi connectivity index (χ0) is 13.1. The first-order chi connectivity index (χ1) is 7.02. The van der Waals surface area contributed by atoms with Crippen molar-refractivity contribution in [2.75, 3.05) is 6.67 Å². The Labute approximate surface area is 98.9 Å². The highest BCUT2D eigenvalue weighted by Crippen LogP contribution is 2.24. The molecule has 0 heterocycles. The lowest BCUT2D eigenvalue weighted by Gasteiger charge is -2.32. The highest BCUT2D eigenvalue weighted by Gasteiger charge is 2.41. The minimum atomic E-state index is -1.53. The number of carboxylic acids is 1. The number of hydrogen-bond donors (Lipinski definition) is 2. The molecule has 2 atom stereocenters. The van der Waals surface area contributed by atoms with Gasteiger partial charge in [0.2, 0.25) is 0 Å². The van der Waals surface area contributed by atoms with Crippen molar-refractivity contribution < 1.29 is 18.8 Å². The minimum Gasteiger partial charge on any atom is -0.598 e. The largest absolute Gasteiger partial charge is 0.598 e. The summed E-state index contributed by atoms with van der Waals surface area (Å²) in [5.74, 6) is -1.19. The van der Waals surface area contributed by atoms with Gasteiger partial charge in [-0.1, -0.05) is 13.8 Å². The highest BCUT2D eigenvalue weighted by atomic mass is 32.2. The Morgan fingerprint density at radius 1 is 1.44 bits per heavy atom. The lowest BCUT2D eigenvalue weighted by molar-refractivity contribution is -0.142. The van der Waals surface area contributed by atoms with Gasteiger partial charge in [0.05, 0.1) is 6.67 Å². The number of alkyl halides is 1. The summed E-state index contributed by atoms with van der Waals surface area (Å²) in [7, 11) is 0. The Bertz CT molecular complexity index is 253. The highest BCUT2D eigenvalue weighted by molar-refractivity contribution is 7.90. The van der Waals surface area contributed by atoms with E-state index >= 15 is 0 Å². The fourth-order valence-corrected chi connectivity index (χ4v) is 1.89. The van der Waals surface area contributed by atoms with Crippen molar-refractivity contribution in [2.45, 2.75) is 45.4 Å². The SMILES string of the molecule is CC(C)(CF)C(N[S+]([O-])C(C)(C)C)C(=O)O. The second-order valence-electron chi connectivity index (χ2n) is 5.39. The Morgan fingerprint density at radius 2 is 1.88 bits per heavy atom. The molecule has 0 fully saturated rings. The van der Waals surface area contributed by atoms with Crippen LogP contribution in [0.25, 0.3) is 0 Å². The molecule has 6 heteroatoms. The summed E-state index contributed by atoms with van der Waals surface area (Å²) in [6, 6.07) is -1.17. The van der Waals surface area contributed by atoms with E-state index < -0.39 is 40.2 Å².